The van der Waals surface area contributed by atoms with Crippen LogP contribution in [0.25, 0.3) is 22.3 Å². The molecule has 4 rings (SSSR count). The van der Waals surface area contributed by atoms with Crippen LogP contribution in [0.15, 0.2) is 53.7 Å². The lowest BCUT2D eigenvalue weighted by Crippen LogP contribution is -2.13. The Hall–Kier alpha value is -2.55. The number of aryl methyl sites for hydroxylation is 1. The first-order valence-corrected chi connectivity index (χ1v) is 10.0. The number of anilines is 1. The highest BCUT2D eigenvalue weighted by Crippen LogP contribution is 2.32. The lowest BCUT2D eigenvalue weighted by molar-refractivity contribution is 0.601. The highest BCUT2D eigenvalue weighted by molar-refractivity contribution is 7.92. The van der Waals surface area contributed by atoms with Gasteiger partial charge in [-0.2, -0.15) is 5.10 Å². The number of H-pyrrole nitrogens is 1. The van der Waals surface area contributed by atoms with Crippen molar-refractivity contribution in [2.24, 2.45) is 7.05 Å². The largest absolute Gasteiger partial charge is 0.333 e. The number of sulfonamides is 1. The molecule has 0 aliphatic heterocycles. The van der Waals surface area contributed by atoms with Crippen molar-refractivity contribution in [2.75, 3.05) is 4.72 Å². The van der Waals surface area contributed by atoms with E-state index in [-0.39, 0.29) is 10.7 Å². The van der Waals surface area contributed by atoms with E-state index in [0.717, 1.165) is 0 Å². The second-order valence-electron chi connectivity index (χ2n) is 5.87. The van der Waals surface area contributed by atoms with E-state index < -0.39 is 10.0 Å². The van der Waals surface area contributed by atoms with Gasteiger partial charge in [-0.25, -0.2) is 13.4 Å². The number of nitrogens with zero attached hydrogens (tertiary/aromatic N) is 3. The first-order valence-electron chi connectivity index (χ1n) is 7.79. The number of rotatable bonds is 4. The van der Waals surface area contributed by atoms with Gasteiger partial charge in [-0.3, -0.25) is 9.82 Å². The third kappa shape index (κ3) is 3.27. The molecular weight excluding hydrogens is 409 g/mol. The zero-order valence-corrected chi connectivity index (χ0v) is 16.3. The minimum absolute atomic E-state index is 0.0562. The van der Waals surface area contributed by atoms with E-state index in [1.165, 1.54) is 12.1 Å². The molecule has 2 aromatic heterocycles. The van der Waals surface area contributed by atoms with E-state index in [9.17, 15) is 8.42 Å². The Morgan fingerprint density at radius 3 is 2.52 bits per heavy atom. The summed E-state index contributed by atoms with van der Waals surface area (Å²) >= 11 is 12.3. The molecule has 0 saturated heterocycles. The van der Waals surface area contributed by atoms with Gasteiger partial charge in [-0.1, -0.05) is 29.3 Å². The third-order valence-corrected chi connectivity index (χ3v) is 6.08. The zero-order chi connectivity index (χ0) is 19.2. The second kappa shape index (κ2) is 6.56. The van der Waals surface area contributed by atoms with Gasteiger partial charge in [0.05, 0.1) is 4.90 Å². The van der Waals surface area contributed by atoms with E-state index in [4.69, 9.17) is 23.2 Å². The summed E-state index contributed by atoms with van der Waals surface area (Å²) in [6, 6.07) is 9.45. The smallest absolute Gasteiger partial charge is 0.263 e. The summed E-state index contributed by atoms with van der Waals surface area (Å²) in [6.45, 7) is 0. The van der Waals surface area contributed by atoms with Gasteiger partial charge in [0.1, 0.15) is 5.69 Å². The highest BCUT2D eigenvalue weighted by Gasteiger charge is 2.18. The average Bonchev–Trinajstić information content (AvgIpc) is 3.26. The molecule has 0 atom stereocenters. The van der Waals surface area contributed by atoms with Crippen molar-refractivity contribution >= 4 is 49.8 Å². The topological polar surface area (TPSA) is 92.7 Å². The van der Waals surface area contributed by atoms with Crippen LogP contribution in [0.2, 0.25) is 10.0 Å². The Labute approximate surface area is 165 Å². The molecule has 2 aromatic carbocycles. The summed E-state index contributed by atoms with van der Waals surface area (Å²) in [6.07, 6.45) is 3.42. The number of nitrogens with one attached hydrogen (secondary N) is 2. The summed E-state index contributed by atoms with van der Waals surface area (Å²) in [7, 11) is -2.03. The summed E-state index contributed by atoms with van der Waals surface area (Å²) < 4.78 is 29.7. The highest BCUT2D eigenvalue weighted by atomic mass is 35.5. The molecular formula is C17H13Cl2N5O2S. The van der Waals surface area contributed by atoms with Crippen LogP contribution in [0.4, 0.5) is 5.82 Å². The number of aromatic nitrogens is 4. The number of imidazole rings is 1. The van der Waals surface area contributed by atoms with Gasteiger partial charge in [-0.05, 0) is 24.3 Å². The maximum atomic E-state index is 12.7. The van der Waals surface area contributed by atoms with Crippen LogP contribution in [-0.4, -0.2) is 28.2 Å². The van der Waals surface area contributed by atoms with Gasteiger partial charge in [0.25, 0.3) is 10.0 Å². The van der Waals surface area contributed by atoms with Crippen molar-refractivity contribution < 1.29 is 8.42 Å². The number of aromatic amines is 1. The van der Waals surface area contributed by atoms with Gasteiger partial charge >= 0.3 is 0 Å². The standard InChI is InChI=1S/C17H13Cl2N5O2S/c1-24-7-6-20-17(24)15-9-16(22-21-15)23-27(25,26)10-2-3-11-12(8-10)14(19)5-4-13(11)18/h2-9H,1H3,(H2,21,22,23). The molecule has 27 heavy (non-hydrogen) atoms. The fraction of sp³-hybridized carbons (Fsp3) is 0.0588. The second-order valence-corrected chi connectivity index (χ2v) is 8.37. The Morgan fingerprint density at radius 2 is 1.81 bits per heavy atom. The molecule has 0 amide bonds. The molecule has 138 valence electrons. The van der Waals surface area contributed by atoms with E-state index in [1.807, 2.05) is 7.05 Å². The lowest BCUT2D eigenvalue weighted by atomic mass is 10.1. The summed E-state index contributed by atoms with van der Waals surface area (Å²) in [5, 5.41) is 8.93. The minimum Gasteiger partial charge on any atom is -0.333 e. The van der Waals surface area contributed by atoms with Crippen LogP contribution < -0.4 is 4.72 Å². The first kappa shape index (κ1) is 17.8. The SMILES string of the molecule is Cn1ccnc1-c1cc(NS(=O)(=O)c2ccc3c(Cl)ccc(Cl)c3c2)n[nH]1. The Bertz CT molecular complexity index is 1260. The van der Waals surface area contributed by atoms with Crippen molar-refractivity contribution in [2.45, 2.75) is 4.90 Å². The molecule has 0 aliphatic carbocycles. The normalized spacial score (nSPS) is 11.8. The number of halogens is 2. The monoisotopic (exact) mass is 421 g/mol. The quantitative estimate of drug-likeness (QED) is 0.519. The van der Waals surface area contributed by atoms with Crippen molar-refractivity contribution in [3.63, 3.8) is 0 Å². The fourth-order valence-corrected chi connectivity index (χ4v) is 4.20. The van der Waals surface area contributed by atoms with Crippen molar-refractivity contribution in [3.05, 3.63) is 58.8 Å². The van der Waals surface area contributed by atoms with E-state index in [0.29, 0.717) is 32.3 Å². The van der Waals surface area contributed by atoms with Crippen LogP contribution in [0.1, 0.15) is 0 Å². The molecule has 0 saturated carbocycles. The van der Waals surface area contributed by atoms with Gasteiger partial charge in [-0.15, -0.1) is 0 Å². The third-order valence-electron chi connectivity index (χ3n) is 4.07. The number of hydrogen-bond acceptors (Lipinski definition) is 4. The molecule has 0 bridgehead atoms. The fourth-order valence-electron chi connectivity index (χ4n) is 2.73. The van der Waals surface area contributed by atoms with Gasteiger partial charge in [0.2, 0.25) is 0 Å². The predicted octanol–water partition coefficient (Wildman–Crippen LogP) is 4.07. The van der Waals surface area contributed by atoms with Crippen LogP contribution in [0.5, 0.6) is 0 Å². The molecule has 2 heterocycles. The first-order chi connectivity index (χ1) is 12.8. The Kier molecular flexibility index (Phi) is 4.33. The zero-order valence-electron chi connectivity index (χ0n) is 13.9. The Morgan fingerprint density at radius 1 is 1.07 bits per heavy atom. The average molecular weight is 422 g/mol. The maximum Gasteiger partial charge on any atom is 0.263 e. The molecule has 2 N–H and O–H groups in total. The summed E-state index contributed by atoms with van der Waals surface area (Å²) in [5.74, 6) is 0.797. The van der Waals surface area contributed by atoms with Crippen molar-refractivity contribution in [3.8, 4) is 11.5 Å². The lowest BCUT2D eigenvalue weighted by Gasteiger charge is -2.08. The summed E-state index contributed by atoms with van der Waals surface area (Å²) in [5.41, 5.74) is 0.591. The molecule has 7 nitrogen and oxygen atoms in total. The van der Waals surface area contributed by atoms with Gasteiger partial charge in [0, 0.05) is 46.3 Å². The molecule has 0 radical (unpaired) electrons. The minimum atomic E-state index is -3.86. The van der Waals surface area contributed by atoms with Crippen LogP contribution in [0, 0.1) is 0 Å². The molecule has 0 spiro atoms. The number of benzene rings is 2. The molecule has 0 fully saturated rings. The van der Waals surface area contributed by atoms with Gasteiger partial charge in [0.15, 0.2) is 11.6 Å². The molecule has 0 unspecified atom stereocenters. The van der Waals surface area contributed by atoms with Crippen LogP contribution in [0.3, 0.4) is 0 Å². The predicted molar refractivity (Wildman–Crippen MR) is 106 cm³/mol. The Balaban J connectivity index is 1.68. The molecule has 4 aromatic rings. The van der Waals surface area contributed by atoms with Crippen LogP contribution in [-0.2, 0) is 17.1 Å². The maximum absolute atomic E-state index is 12.7. The molecule has 0 aliphatic rings. The van der Waals surface area contributed by atoms with E-state index >= 15 is 0 Å². The summed E-state index contributed by atoms with van der Waals surface area (Å²) in [4.78, 5) is 4.25. The number of fused-ring (bicyclic) bond motifs is 1. The number of hydrogen-bond donors (Lipinski definition) is 2. The molecule has 10 heteroatoms. The van der Waals surface area contributed by atoms with E-state index in [2.05, 4.69) is 19.9 Å². The van der Waals surface area contributed by atoms with Gasteiger partial charge < -0.3 is 4.57 Å². The van der Waals surface area contributed by atoms with Crippen LogP contribution >= 0.6 is 23.2 Å². The van der Waals surface area contributed by atoms with Crippen molar-refractivity contribution in [1.29, 1.82) is 0 Å². The van der Waals surface area contributed by atoms with E-state index in [1.54, 1.807) is 41.2 Å². The van der Waals surface area contributed by atoms with Crippen molar-refractivity contribution in [1.82, 2.24) is 19.7 Å².